The van der Waals surface area contributed by atoms with Crippen LogP contribution in [0.15, 0.2) is 23.7 Å². The molecule has 0 bridgehead atoms. The highest BCUT2D eigenvalue weighted by molar-refractivity contribution is 7.16. The topological polar surface area (TPSA) is 91.3 Å². The van der Waals surface area contributed by atoms with Gasteiger partial charge in [0.15, 0.2) is 0 Å². The number of hydrogen-bond acceptors (Lipinski definition) is 4. The van der Waals surface area contributed by atoms with Gasteiger partial charge >= 0.3 is 12.0 Å². The number of urea groups is 1. The number of aliphatic carboxylic acids is 1. The Balaban J connectivity index is 1.90. The van der Waals surface area contributed by atoms with Crippen LogP contribution < -0.4 is 10.6 Å². The summed E-state index contributed by atoms with van der Waals surface area (Å²) >= 11 is 1.50. The van der Waals surface area contributed by atoms with Crippen LogP contribution in [0.3, 0.4) is 0 Å². The molecule has 7 heteroatoms. The van der Waals surface area contributed by atoms with Crippen LogP contribution in [0.4, 0.5) is 10.5 Å². The first-order chi connectivity index (χ1) is 10.1. The molecule has 0 spiro atoms. The molecule has 2 rings (SSSR count). The summed E-state index contributed by atoms with van der Waals surface area (Å²) in [7, 11) is 0. The maximum absolute atomic E-state index is 11.8. The van der Waals surface area contributed by atoms with Gasteiger partial charge in [0.05, 0.1) is 21.6 Å². The Morgan fingerprint density at radius 1 is 1.43 bits per heavy atom. The molecule has 0 fully saturated rings. The zero-order valence-corrected chi connectivity index (χ0v) is 12.4. The normalized spacial score (nSPS) is 12.0. The molecule has 0 saturated heterocycles. The molecule has 1 heterocycles. The standard InChI is InChI=1S/C14H17N3O3S/c1-2-3-9(13(18)19)7-15-14(20)17-10-4-5-11-12(6-10)21-8-16-11/h4-6,8-9H,2-3,7H2,1H3,(H,18,19)(H2,15,17,20). The first-order valence-electron chi connectivity index (χ1n) is 6.71. The monoisotopic (exact) mass is 307 g/mol. The van der Waals surface area contributed by atoms with Gasteiger partial charge in [0.2, 0.25) is 0 Å². The molecular formula is C14H17N3O3S. The lowest BCUT2D eigenvalue weighted by Crippen LogP contribution is -2.35. The molecule has 1 aromatic heterocycles. The number of anilines is 1. The second kappa shape index (κ2) is 7.03. The first-order valence-corrected chi connectivity index (χ1v) is 7.59. The average molecular weight is 307 g/mol. The molecule has 2 aromatic rings. The Labute approximate surface area is 126 Å². The van der Waals surface area contributed by atoms with Crippen LogP contribution >= 0.6 is 11.3 Å². The predicted octanol–water partition coefficient (Wildman–Crippen LogP) is 2.92. The number of carbonyl (C=O) groups is 2. The van der Waals surface area contributed by atoms with E-state index in [4.69, 9.17) is 5.11 Å². The first kappa shape index (κ1) is 15.2. The summed E-state index contributed by atoms with van der Waals surface area (Å²) in [4.78, 5) is 27.0. The number of rotatable bonds is 6. The minimum absolute atomic E-state index is 0.123. The lowest BCUT2D eigenvalue weighted by Gasteiger charge is -2.13. The van der Waals surface area contributed by atoms with Crippen molar-refractivity contribution in [1.29, 1.82) is 0 Å². The summed E-state index contributed by atoms with van der Waals surface area (Å²) in [6.45, 7) is 2.04. The van der Waals surface area contributed by atoms with Crippen LogP contribution in [-0.4, -0.2) is 28.6 Å². The van der Waals surface area contributed by atoms with Crippen LogP contribution in [0.1, 0.15) is 19.8 Å². The molecule has 1 aromatic carbocycles. The number of nitrogens with one attached hydrogen (secondary N) is 2. The van der Waals surface area contributed by atoms with Crippen LogP contribution in [-0.2, 0) is 4.79 Å². The Morgan fingerprint density at radius 2 is 2.24 bits per heavy atom. The van der Waals surface area contributed by atoms with Gasteiger partial charge in [0, 0.05) is 12.2 Å². The molecule has 0 aliphatic rings. The van der Waals surface area contributed by atoms with E-state index in [9.17, 15) is 9.59 Å². The molecule has 112 valence electrons. The summed E-state index contributed by atoms with van der Waals surface area (Å²) in [5.41, 5.74) is 3.29. The summed E-state index contributed by atoms with van der Waals surface area (Å²) in [5.74, 6) is -1.44. The fourth-order valence-electron chi connectivity index (χ4n) is 1.99. The third kappa shape index (κ3) is 4.16. The van der Waals surface area contributed by atoms with Crippen molar-refractivity contribution in [2.24, 2.45) is 5.92 Å². The van der Waals surface area contributed by atoms with Gasteiger partial charge in [-0.15, -0.1) is 11.3 Å². The van der Waals surface area contributed by atoms with Gasteiger partial charge < -0.3 is 15.7 Å². The van der Waals surface area contributed by atoms with E-state index < -0.39 is 17.9 Å². The molecular weight excluding hydrogens is 290 g/mol. The summed E-state index contributed by atoms with van der Waals surface area (Å²) in [5, 5.41) is 14.3. The number of amides is 2. The minimum Gasteiger partial charge on any atom is -0.481 e. The number of fused-ring (bicyclic) bond motifs is 1. The zero-order valence-electron chi connectivity index (χ0n) is 11.6. The van der Waals surface area contributed by atoms with Gasteiger partial charge in [-0.1, -0.05) is 13.3 Å². The van der Waals surface area contributed by atoms with Crippen LogP contribution in [0.25, 0.3) is 10.2 Å². The molecule has 2 amide bonds. The van der Waals surface area contributed by atoms with E-state index in [1.165, 1.54) is 11.3 Å². The maximum atomic E-state index is 11.8. The number of carboxylic acid groups (broad SMARTS) is 1. The van der Waals surface area contributed by atoms with Crippen molar-refractivity contribution in [3.63, 3.8) is 0 Å². The Kier molecular flexibility index (Phi) is 5.10. The summed E-state index contributed by atoms with van der Waals surface area (Å²) < 4.78 is 0.988. The zero-order chi connectivity index (χ0) is 15.2. The van der Waals surface area contributed by atoms with Crippen molar-refractivity contribution in [1.82, 2.24) is 10.3 Å². The van der Waals surface area contributed by atoms with Crippen molar-refractivity contribution >= 4 is 39.2 Å². The average Bonchev–Trinajstić information content (AvgIpc) is 2.90. The highest BCUT2D eigenvalue weighted by Crippen LogP contribution is 2.21. The number of nitrogens with zero attached hydrogens (tertiary/aromatic N) is 1. The van der Waals surface area contributed by atoms with Gasteiger partial charge in [-0.2, -0.15) is 0 Å². The van der Waals surface area contributed by atoms with E-state index in [2.05, 4.69) is 15.6 Å². The molecule has 3 N–H and O–H groups in total. The van der Waals surface area contributed by atoms with Crippen molar-refractivity contribution in [3.05, 3.63) is 23.7 Å². The Bertz CT molecular complexity index is 641. The summed E-state index contributed by atoms with van der Waals surface area (Å²) in [6, 6.07) is 5.04. The highest BCUT2D eigenvalue weighted by Gasteiger charge is 2.17. The summed E-state index contributed by atoms with van der Waals surface area (Å²) in [6.07, 6.45) is 1.31. The SMILES string of the molecule is CCCC(CNC(=O)Nc1ccc2ncsc2c1)C(=O)O. The number of thiazole rings is 1. The van der Waals surface area contributed by atoms with Gasteiger partial charge in [0.1, 0.15) is 0 Å². The number of benzene rings is 1. The number of carboxylic acids is 1. The second-order valence-corrected chi connectivity index (χ2v) is 5.58. The molecule has 1 atom stereocenters. The van der Waals surface area contributed by atoms with Crippen molar-refractivity contribution in [2.45, 2.75) is 19.8 Å². The number of hydrogen-bond donors (Lipinski definition) is 3. The fraction of sp³-hybridized carbons (Fsp3) is 0.357. The van der Waals surface area contributed by atoms with Crippen molar-refractivity contribution in [3.8, 4) is 0 Å². The predicted molar refractivity (Wildman–Crippen MR) is 82.7 cm³/mol. The third-order valence-corrected chi connectivity index (χ3v) is 3.88. The molecule has 0 radical (unpaired) electrons. The number of aromatic nitrogens is 1. The van der Waals surface area contributed by atoms with Crippen molar-refractivity contribution < 1.29 is 14.7 Å². The Hall–Kier alpha value is -2.15. The number of carbonyl (C=O) groups excluding carboxylic acids is 1. The maximum Gasteiger partial charge on any atom is 0.319 e. The largest absolute Gasteiger partial charge is 0.481 e. The third-order valence-electron chi connectivity index (χ3n) is 3.08. The van der Waals surface area contributed by atoms with E-state index in [1.807, 2.05) is 19.1 Å². The molecule has 1 unspecified atom stereocenters. The van der Waals surface area contributed by atoms with E-state index >= 15 is 0 Å². The fourth-order valence-corrected chi connectivity index (χ4v) is 2.70. The lowest BCUT2D eigenvalue weighted by atomic mass is 10.0. The Morgan fingerprint density at radius 3 is 2.95 bits per heavy atom. The van der Waals surface area contributed by atoms with Gasteiger partial charge in [-0.3, -0.25) is 4.79 Å². The second-order valence-electron chi connectivity index (χ2n) is 4.69. The quantitative estimate of drug-likeness (QED) is 0.765. The van der Waals surface area contributed by atoms with E-state index in [-0.39, 0.29) is 6.54 Å². The lowest BCUT2D eigenvalue weighted by molar-refractivity contribution is -0.141. The van der Waals surface area contributed by atoms with Crippen LogP contribution in [0.5, 0.6) is 0 Å². The van der Waals surface area contributed by atoms with E-state index in [0.29, 0.717) is 12.1 Å². The molecule has 0 aliphatic carbocycles. The van der Waals surface area contributed by atoms with Crippen LogP contribution in [0.2, 0.25) is 0 Å². The van der Waals surface area contributed by atoms with Crippen LogP contribution in [0, 0.1) is 5.92 Å². The molecule has 0 aliphatic heterocycles. The van der Waals surface area contributed by atoms with Crippen molar-refractivity contribution in [2.75, 3.05) is 11.9 Å². The molecule has 21 heavy (non-hydrogen) atoms. The highest BCUT2D eigenvalue weighted by atomic mass is 32.1. The van der Waals surface area contributed by atoms with E-state index in [0.717, 1.165) is 16.6 Å². The van der Waals surface area contributed by atoms with Gasteiger partial charge in [-0.05, 0) is 24.6 Å². The molecule has 6 nitrogen and oxygen atoms in total. The smallest absolute Gasteiger partial charge is 0.319 e. The van der Waals surface area contributed by atoms with E-state index in [1.54, 1.807) is 11.6 Å². The van der Waals surface area contributed by atoms with Gasteiger partial charge in [-0.25, -0.2) is 9.78 Å². The molecule has 0 saturated carbocycles. The van der Waals surface area contributed by atoms with Gasteiger partial charge in [0.25, 0.3) is 0 Å². The minimum atomic E-state index is -0.886.